The van der Waals surface area contributed by atoms with E-state index in [2.05, 4.69) is 32.9 Å². The average molecular weight is 703 g/mol. The molecule has 2 heteroatoms. The summed E-state index contributed by atoms with van der Waals surface area (Å²) < 4.78 is 5.45. The molecule has 0 radical (unpaired) electrons. The molecule has 298 valence electrons. The number of allylic oxidation sites excluding steroid dienone is 2. The molecule has 0 fully saturated rings. The summed E-state index contributed by atoms with van der Waals surface area (Å²) in [7, 11) is 0. The highest BCUT2D eigenvalue weighted by Crippen LogP contribution is 2.18. The molecule has 0 N–H and O–H groups in total. The van der Waals surface area contributed by atoms with Crippen LogP contribution < -0.4 is 0 Å². The number of ether oxygens (including phenoxy) is 1. The van der Waals surface area contributed by atoms with Crippen LogP contribution in [0.15, 0.2) is 12.2 Å². The Morgan fingerprint density at radius 2 is 0.740 bits per heavy atom. The van der Waals surface area contributed by atoms with Crippen LogP contribution in [-0.4, -0.2) is 12.6 Å². The number of unbranched alkanes of at least 4 members (excludes halogenated alkanes) is 34. The lowest BCUT2D eigenvalue weighted by Crippen LogP contribution is -2.05. The van der Waals surface area contributed by atoms with E-state index in [4.69, 9.17) is 4.74 Å². The highest BCUT2D eigenvalue weighted by atomic mass is 16.5. The Hall–Kier alpha value is -0.790. The van der Waals surface area contributed by atoms with Crippen LogP contribution in [0.25, 0.3) is 0 Å². The fraction of sp³-hybridized carbons (Fsp3) is 0.938. The minimum Gasteiger partial charge on any atom is -0.466 e. The predicted octanol–water partition coefficient (Wildman–Crippen LogP) is 17.4. The van der Waals surface area contributed by atoms with Gasteiger partial charge in [-0.15, -0.1) is 0 Å². The summed E-state index contributed by atoms with van der Waals surface area (Å²) >= 11 is 0. The van der Waals surface area contributed by atoms with Gasteiger partial charge in [-0.25, -0.2) is 0 Å². The van der Waals surface area contributed by atoms with E-state index < -0.39 is 0 Å². The Balaban J connectivity index is 3.14. The molecule has 0 saturated heterocycles. The number of rotatable bonds is 43. The SMILES string of the molecule is CCCCC=CCCCCCCCC(=O)OCCCCCCCCCCCCCCCCCCCCCCCCCCCCCCC(C)CC. The average Bonchev–Trinajstić information content (AvgIpc) is 3.12. The molecule has 0 aromatic carbocycles. The van der Waals surface area contributed by atoms with Crippen molar-refractivity contribution in [2.24, 2.45) is 5.92 Å². The second-order valence-corrected chi connectivity index (χ2v) is 16.3. The zero-order valence-electron chi connectivity index (χ0n) is 35.0. The minimum atomic E-state index is 0.0179. The summed E-state index contributed by atoms with van der Waals surface area (Å²) in [5.74, 6) is 0.957. The van der Waals surface area contributed by atoms with Gasteiger partial charge in [0.2, 0.25) is 0 Å². The van der Waals surface area contributed by atoms with E-state index in [0.29, 0.717) is 13.0 Å². The van der Waals surface area contributed by atoms with Crippen molar-refractivity contribution in [3.8, 4) is 0 Å². The molecule has 0 aromatic heterocycles. The van der Waals surface area contributed by atoms with Crippen molar-refractivity contribution in [2.45, 2.75) is 278 Å². The summed E-state index contributed by atoms with van der Waals surface area (Å²) in [6.45, 7) is 7.60. The number of hydrogen-bond acceptors (Lipinski definition) is 2. The first-order chi connectivity index (χ1) is 24.7. The summed E-state index contributed by atoms with van der Waals surface area (Å²) in [6, 6.07) is 0. The van der Waals surface area contributed by atoms with Gasteiger partial charge in [-0.3, -0.25) is 4.79 Å². The molecule has 0 heterocycles. The predicted molar refractivity (Wildman–Crippen MR) is 225 cm³/mol. The maximum atomic E-state index is 11.9. The standard InChI is InChI=1S/C48H94O2/c1-4-6-7-8-9-10-29-33-36-39-42-45-48(49)50-46-43-40-37-34-31-28-26-24-22-20-18-16-14-12-11-13-15-17-19-21-23-25-27-30-32-35-38-41-44-47(3)5-2/h8-9,47H,4-7,10-46H2,1-3H3. The summed E-state index contributed by atoms with van der Waals surface area (Å²) in [6.07, 6.45) is 59.0. The number of hydrogen-bond donors (Lipinski definition) is 0. The van der Waals surface area contributed by atoms with Crippen molar-refractivity contribution in [1.29, 1.82) is 0 Å². The maximum Gasteiger partial charge on any atom is 0.305 e. The zero-order chi connectivity index (χ0) is 36.3. The molecule has 0 aliphatic heterocycles. The Labute approximate surface area is 316 Å². The van der Waals surface area contributed by atoms with E-state index in [9.17, 15) is 4.79 Å². The Morgan fingerprint density at radius 3 is 1.12 bits per heavy atom. The van der Waals surface area contributed by atoms with E-state index in [1.165, 1.54) is 231 Å². The van der Waals surface area contributed by atoms with Gasteiger partial charge in [-0.2, -0.15) is 0 Å². The maximum absolute atomic E-state index is 11.9. The molecule has 0 bridgehead atoms. The normalized spacial score (nSPS) is 12.3. The van der Waals surface area contributed by atoms with Crippen LogP contribution in [0.1, 0.15) is 278 Å². The van der Waals surface area contributed by atoms with E-state index in [-0.39, 0.29) is 5.97 Å². The van der Waals surface area contributed by atoms with Crippen LogP contribution in [0, 0.1) is 5.92 Å². The summed E-state index contributed by atoms with van der Waals surface area (Å²) in [5.41, 5.74) is 0. The molecular formula is C48H94O2. The molecular weight excluding hydrogens is 609 g/mol. The van der Waals surface area contributed by atoms with Gasteiger partial charge in [0.15, 0.2) is 0 Å². The van der Waals surface area contributed by atoms with Crippen molar-refractivity contribution < 1.29 is 9.53 Å². The summed E-state index contributed by atoms with van der Waals surface area (Å²) in [4.78, 5) is 11.9. The molecule has 0 spiro atoms. The molecule has 1 atom stereocenters. The Kier molecular flexibility index (Phi) is 43.7. The van der Waals surface area contributed by atoms with Crippen molar-refractivity contribution >= 4 is 5.97 Å². The molecule has 0 rings (SSSR count). The fourth-order valence-corrected chi connectivity index (χ4v) is 7.27. The molecule has 1 unspecified atom stereocenters. The smallest absolute Gasteiger partial charge is 0.305 e. The zero-order valence-corrected chi connectivity index (χ0v) is 35.0. The van der Waals surface area contributed by atoms with Gasteiger partial charge in [0.25, 0.3) is 0 Å². The molecule has 0 aliphatic rings. The van der Waals surface area contributed by atoms with Gasteiger partial charge < -0.3 is 4.74 Å². The number of carbonyl (C=O) groups is 1. The topological polar surface area (TPSA) is 26.3 Å². The highest BCUT2D eigenvalue weighted by molar-refractivity contribution is 5.69. The third kappa shape index (κ3) is 43.4. The van der Waals surface area contributed by atoms with Gasteiger partial charge in [0, 0.05) is 6.42 Å². The van der Waals surface area contributed by atoms with Gasteiger partial charge >= 0.3 is 5.97 Å². The lowest BCUT2D eigenvalue weighted by atomic mass is 9.99. The van der Waals surface area contributed by atoms with Gasteiger partial charge in [-0.05, 0) is 38.0 Å². The van der Waals surface area contributed by atoms with Crippen molar-refractivity contribution in [3.63, 3.8) is 0 Å². The molecule has 0 saturated carbocycles. The monoisotopic (exact) mass is 703 g/mol. The van der Waals surface area contributed by atoms with Crippen LogP contribution in [-0.2, 0) is 9.53 Å². The van der Waals surface area contributed by atoms with E-state index in [1.54, 1.807) is 0 Å². The highest BCUT2D eigenvalue weighted by Gasteiger charge is 2.03. The number of esters is 1. The number of carbonyl (C=O) groups excluding carboxylic acids is 1. The molecule has 0 aliphatic carbocycles. The van der Waals surface area contributed by atoms with Crippen LogP contribution in [0.5, 0.6) is 0 Å². The first-order valence-electron chi connectivity index (χ1n) is 23.5. The van der Waals surface area contributed by atoms with Crippen molar-refractivity contribution in [3.05, 3.63) is 12.2 Å². The van der Waals surface area contributed by atoms with Crippen LogP contribution in [0.4, 0.5) is 0 Å². The van der Waals surface area contributed by atoms with E-state index in [1.807, 2.05) is 0 Å². The molecule has 0 aromatic rings. The largest absolute Gasteiger partial charge is 0.466 e. The van der Waals surface area contributed by atoms with E-state index in [0.717, 1.165) is 25.2 Å². The van der Waals surface area contributed by atoms with Crippen molar-refractivity contribution in [2.75, 3.05) is 6.61 Å². The van der Waals surface area contributed by atoms with Crippen LogP contribution >= 0.6 is 0 Å². The molecule has 50 heavy (non-hydrogen) atoms. The lowest BCUT2D eigenvalue weighted by molar-refractivity contribution is -0.143. The Morgan fingerprint density at radius 1 is 0.420 bits per heavy atom. The third-order valence-electron chi connectivity index (χ3n) is 11.2. The van der Waals surface area contributed by atoms with Crippen LogP contribution in [0.2, 0.25) is 0 Å². The molecule has 0 amide bonds. The second kappa shape index (κ2) is 44.4. The van der Waals surface area contributed by atoms with Gasteiger partial charge in [-0.1, -0.05) is 251 Å². The lowest BCUT2D eigenvalue weighted by Gasteiger charge is -2.07. The molecule has 2 nitrogen and oxygen atoms in total. The van der Waals surface area contributed by atoms with Crippen LogP contribution in [0.3, 0.4) is 0 Å². The van der Waals surface area contributed by atoms with Gasteiger partial charge in [0.05, 0.1) is 6.61 Å². The second-order valence-electron chi connectivity index (χ2n) is 16.3. The first-order valence-corrected chi connectivity index (χ1v) is 23.5. The summed E-state index contributed by atoms with van der Waals surface area (Å²) in [5, 5.41) is 0. The first kappa shape index (κ1) is 49.2. The van der Waals surface area contributed by atoms with E-state index >= 15 is 0 Å². The fourth-order valence-electron chi connectivity index (χ4n) is 7.27. The minimum absolute atomic E-state index is 0.0179. The van der Waals surface area contributed by atoms with Gasteiger partial charge in [0.1, 0.15) is 0 Å². The third-order valence-corrected chi connectivity index (χ3v) is 11.2. The quantitative estimate of drug-likeness (QED) is 0.0359. The Bertz CT molecular complexity index is 655. The van der Waals surface area contributed by atoms with Crippen molar-refractivity contribution in [1.82, 2.24) is 0 Å².